The van der Waals surface area contributed by atoms with Crippen molar-refractivity contribution in [1.29, 1.82) is 0 Å². The lowest BCUT2D eigenvalue weighted by Crippen LogP contribution is -2.45. The average Bonchev–Trinajstić information content (AvgIpc) is 2.49. The largest absolute Gasteiger partial charge is 0.381 e. The van der Waals surface area contributed by atoms with Crippen molar-refractivity contribution in [3.8, 4) is 0 Å². The van der Waals surface area contributed by atoms with E-state index in [1.807, 2.05) is 0 Å². The van der Waals surface area contributed by atoms with Gasteiger partial charge in [0.25, 0.3) is 0 Å². The quantitative estimate of drug-likeness (QED) is 0.458. The van der Waals surface area contributed by atoms with Crippen LogP contribution in [-0.2, 0) is 23.7 Å². The number of hydrogen-bond acceptors (Lipinski definition) is 5. The third kappa shape index (κ3) is 5.98. The fourth-order valence-electron chi connectivity index (χ4n) is 2.77. The summed E-state index contributed by atoms with van der Waals surface area (Å²) in [5, 5.41) is 0. The Morgan fingerprint density at radius 2 is 1.04 bits per heavy atom. The smallest absolute Gasteiger partial charge is 0.0566 e. The zero-order chi connectivity index (χ0) is 16.4. The molecule has 0 aromatic heterocycles. The van der Waals surface area contributed by atoms with Gasteiger partial charge in [-0.2, -0.15) is 0 Å². The molecule has 0 aliphatic carbocycles. The maximum atomic E-state index is 5.75. The summed E-state index contributed by atoms with van der Waals surface area (Å²) in [4.78, 5) is 0. The van der Waals surface area contributed by atoms with Gasteiger partial charge in [0.2, 0.25) is 0 Å². The highest BCUT2D eigenvalue weighted by Crippen LogP contribution is 2.32. The second kappa shape index (κ2) is 9.94. The first-order chi connectivity index (χ1) is 11.2. The lowest BCUT2D eigenvalue weighted by atomic mass is 9.84. The summed E-state index contributed by atoms with van der Waals surface area (Å²) >= 11 is 0. The summed E-state index contributed by atoms with van der Waals surface area (Å²) < 4.78 is 27.7. The molecule has 2 aliphatic rings. The summed E-state index contributed by atoms with van der Waals surface area (Å²) in [6, 6.07) is 0. The van der Waals surface area contributed by atoms with Gasteiger partial charge in [-0.1, -0.05) is 13.8 Å². The molecule has 0 N–H and O–H groups in total. The van der Waals surface area contributed by atoms with Crippen LogP contribution in [0.5, 0.6) is 0 Å². The molecular weight excluding hydrogens is 296 g/mol. The molecule has 0 atom stereocenters. The van der Waals surface area contributed by atoms with Crippen molar-refractivity contribution in [2.24, 2.45) is 10.8 Å². The van der Waals surface area contributed by atoms with E-state index >= 15 is 0 Å². The van der Waals surface area contributed by atoms with Crippen molar-refractivity contribution >= 4 is 0 Å². The molecule has 5 nitrogen and oxygen atoms in total. The van der Waals surface area contributed by atoms with Crippen LogP contribution in [0.4, 0.5) is 0 Å². The molecule has 2 heterocycles. The molecule has 2 rings (SSSR count). The Kier molecular flexibility index (Phi) is 8.27. The second-order valence-corrected chi connectivity index (χ2v) is 7.12. The molecule has 0 spiro atoms. The lowest BCUT2D eigenvalue weighted by Gasteiger charge is -2.40. The number of ether oxygens (including phenoxy) is 5. The predicted molar refractivity (Wildman–Crippen MR) is 88.8 cm³/mol. The van der Waals surface area contributed by atoms with E-state index in [2.05, 4.69) is 13.8 Å². The molecule has 5 heteroatoms. The normalized spacial score (nSPS) is 21.7. The highest BCUT2D eigenvalue weighted by Gasteiger charge is 2.37. The maximum absolute atomic E-state index is 5.75. The Morgan fingerprint density at radius 3 is 1.35 bits per heavy atom. The van der Waals surface area contributed by atoms with E-state index in [4.69, 9.17) is 23.7 Å². The van der Waals surface area contributed by atoms with Gasteiger partial charge in [0, 0.05) is 37.3 Å². The van der Waals surface area contributed by atoms with Crippen LogP contribution in [0.3, 0.4) is 0 Å². The van der Waals surface area contributed by atoms with E-state index in [9.17, 15) is 0 Å². The van der Waals surface area contributed by atoms with Gasteiger partial charge in [-0.25, -0.2) is 0 Å². The Hall–Kier alpha value is -0.200. The van der Waals surface area contributed by atoms with Gasteiger partial charge in [-0.05, 0) is 25.7 Å². The predicted octanol–water partition coefficient (Wildman–Crippen LogP) is 2.67. The van der Waals surface area contributed by atoms with Gasteiger partial charge in [0.05, 0.1) is 39.6 Å². The van der Waals surface area contributed by atoms with Crippen molar-refractivity contribution in [3.05, 3.63) is 0 Å². The summed E-state index contributed by atoms with van der Waals surface area (Å²) in [5.74, 6) is 0. The van der Waals surface area contributed by atoms with Crippen LogP contribution in [0, 0.1) is 10.8 Å². The van der Waals surface area contributed by atoms with Gasteiger partial charge in [0.1, 0.15) is 0 Å². The Balaban J connectivity index is 1.32. The van der Waals surface area contributed by atoms with Gasteiger partial charge in [-0.15, -0.1) is 0 Å². The first-order valence-corrected chi connectivity index (χ1v) is 9.13. The summed E-state index contributed by atoms with van der Waals surface area (Å²) in [6.45, 7) is 12.5. The SMILES string of the molecule is CCC1(COCCCOCCCOCC2(CC)COC2)COC1. The van der Waals surface area contributed by atoms with Gasteiger partial charge >= 0.3 is 0 Å². The van der Waals surface area contributed by atoms with E-state index in [1.54, 1.807) is 0 Å². The first kappa shape index (κ1) is 19.1. The topological polar surface area (TPSA) is 46.2 Å². The van der Waals surface area contributed by atoms with Crippen molar-refractivity contribution in [3.63, 3.8) is 0 Å². The highest BCUT2D eigenvalue weighted by atomic mass is 16.5. The van der Waals surface area contributed by atoms with Crippen molar-refractivity contribution < 1.29 is 23.7 Å². The summed E-state index contributed by atoms with van der Waals surface area (Å²) in [7, 11) is 0. The maximum Gasteiger partial charge on any atom is 0.0566 e. The van der Waals surface area contributed by atoms with E-state index in [1.165, 1.54) is 0 Å². The Morgan fingerprint density at radius 1 is 0.652 bits per heavy atom. The molecule has 0 radical (unpaired) electrons. The van der Waals surface area contributed by atoms with Crippen LogP contribution in [0.1, 0.15) is 39.5 Å². The monoisotopic (exact) mass is 330 g/mol. The third-order valence-corrected chi connectivity index (χ3v) is 5.10. The molecule has 136 valence electrons. The van der Waals surface area contributed by atoms with Crippen LogP contribution >= 0.6 is 0 Å². The van der Waals surface area contributed by atoms with E-state index < -0.39 is 0 Å². The van der Waals surface area contributed by atoms with Gasteiger partial charge in [0.15, 0.2) is 0 Å². The highest BCUT2D eigenvalue weighted by molar-refractivity contribution is 4.84. The molecule has 0 amide bonds. The third-order valence-electron chi connectivity index (χ3n) is 5.10. The second-order valence-electron chi connectivity index (χ2n) is 7.12. The van der Waals surface area contributed by atoms with Gasteiger partial charge in [-0.3, -0.25) is 0 Å². The standard InChI is InChI=1S/C18H34O5/c1-3-17(13-22-14-17)11-20-9-5-7-19-8-6-10-21-12-18(4-2)15-23-16-18/h3-16H2,1-2H3. The minimum Gasteiger partial charge on any atom is -0.381 e. The number of hydrogen-bond donors (Lipinski definition) is 0. The Bertz CT molecular complexity index is 272. The van der Waals surface area contributed by atoms with Gasteiger partial charge < -0.3 is 23.7 Å². The zero-order valence-electron chi connectivity index (χ0n) is 14.9. The van der Waals surface area contributed by atoms with Crippen LogP contribution in [0.15, 0.2) is 0 Å². The van der Waals surface area contributed by atoms with Crippen LogP contribution < -0.4 is 0 Å². The van der Waals surface area contributed by atoms with Crippen LogP contribution in [0.2, 0.25) is 0 Å². The minimum atomic E-state index is 0.291. The molecule has 0 aromatic carbocycles. The van der Waals surface area contributed by atoms with E-state index in [-0.39, 0.29) is 0 Å². The van der Waals surface area contributed by atoms with E-state index in [0.717, 1.165) is 91.8 Å². The minimum absolute atomic E-state index is 0.291. The molecular formula is C18H34O5. The van der Waals surface area contributed by atoms with Crippen LogP contribution in [-0.4, -0.2) is 66.1 Å². The molecule has 0 unspecified atom stereocenters. The average molecular weight is 330 g/mol. The van der Waals surface area contributed by atoms with E-state index in [0.29, 0.717) is 10.8 Å². The number of rotatable bonds is 14. The summed E-state index contributed by atoms with van der Waals surface area (Å²) in [6.07, 6.45) is 4.18. The van der Waals surface area contributed by atoms with Crippen molar-refractivity contribution in [2.75, 3.05) is 66.1 Å². The molecule has 0 aromatic rings. The Labute approximate surface area is 140 Å². The molecule has 0 bridgehead atoms. The van der Waals surface area contributed by atoms with Crippen molar-refractivity contribution in [2.45, 2.75) is 39.5 Å². The molecule has 2 aliphatic heterocycles. The zero-order valence-corrected chi connectivity index (χ0v) is 14.9. The molecule has 2 fully saturated rings. The molecule has 23 heavy (non-hydrogen) atoms. The lowest BCUT2D eigenvalue weighted by molar-refractivity contribution is -0.151. The first-order valence-electron chi connectivity index (χ1n) is 9.13. The summed E-state index contributed by atoms with van der Waals surface area (Å²) in [5.41, 5.74) is 0.582. The van der Waals surface area contributed by atoms with Crippen molar-refractivity contribution in [1.82, 2.24) is 0 Å². The fourth-order valence-corrected chi connectivity index (χ4v) is 2.77. The fraction of sp³-hybridized carbons (Fsp3) is 1.00. The van der Waals surface area contributed by atoms with Crippen LogP contribution in [0.25, 0.3) is 0 Å². The molecule has 2 saturated heterocycles. The molecule has 0 saturated carbocycles.